The summed E-state index contributed by atoms with van der Waals surface area (Å²) in [6, 6.07) is 14.1. The predicted molar refractivity (Wildman–Crippen MR) is 104 cm³/mol. The van der Waals surface area contributed by atoms with Crippen molar-refractivity contribution in [2.45, 2.75) is 6.18 Å². The molecule has 0 aliphatic carbocycles. The third-order valence-electron chi connectivity index (χ3n) is 4.07. The highest BCUT2D eigenvalue weighted by molar-refractivity contribution is 7.13. The van der Waals surface area contributed by atoms with Crippen molar-refractivity contribution in [3.05, 3.63) is 83.6 Å². The van der Waals surface area contributed by atoms with Crippen LogP contribution >= 0.6 is 11.3 Å². The number of thiophene rings is 1. The van der Waals surface area contributed by atoms with E-state index in [1.807, 2.05) is 0 Å². The summed E-state index contributed by atoms with van der Waals surface area (Å²) in [5, 5.41) is 8.23. The molecule has 1 aromatic carbocycles. The molecular formula is C20H13F3N4OS. The van der Waals surface area contributed by atoms with E-state index in [0.717, 1.165) is 6.07 Å². The van der Waals surface area contributed by atoms with Gasteiger partial charge in [0.05, 0.1) is 28.1 Å². The fourth-order valence-electron chi connectivity index (χ4n) is 2.71. The summed E-state index contributed by atoms with van der Waals surface area (Å²) in [5.41, 5.74) is 0.683. The van der Waals surface area contributed by atoms with Crippen LogP contribution in [-0.4, -0.2) is 20.7 Å². The molecule has 0 saturated carbocycles. The van der Waals surface area contributed by atoms with Gasteiger partial charge in [-0.1, -0.05) is 6.07 Å². The molecule has 1 N–H and O–H groups in total. The zero-order chi connectivity index (χ0) is 20.4. The molecule has 146 valence electrons. The van der Waals surface area contributed by atoms with Crippen LogP contribution in [0.15, 0.2) is 72.4 Å². The number of carbonyl (C=O) groups is 1. The van der Waals surface area contributed by atoms with E-state index in [1.165, 1.54) is 34.3 Å². The maximum Gasteiger partial charge on any atom is 0.435 e. The first-order valence-corrected chi connectivity index (χ1v) is 9.33. The van der Waals surface area contributed by atoms with E-state index in [0.29, 0.717) is 27.5 Å². The van der Waals surface area contributed by atoms with Gasteiger partial charge in [-0.05, 0) is 53.9 Å². The number of aromatic nitrogens is 3. The highest BCUT2D eigenvalue weighted by atomic mass is 32.1. The van der Waals surface area contributed by atoms with Gasteiger partial charge >= 0.3 is 6.18 Å². The van der Waals surface area contributed by atoms with Crippen LogP contribution in [0.5, 0.6) is 0 Å². The van der Waals surface area contributed by atoms with E-state index in [1.54, 1.807) is 48.0 Å². The molecular weight excluding hydrogens is 401 g/mol. The van der Waals surface area contributed by atoms with Crippen molar-refractivity contribution in [3.8, 4) is 16.3 Å². The molecule has 0 atom stereocenters. The van der Waals surface area contributed by atoms with E-state index in [4.69, 9.17) is 0 Å². The number of hydrogen-bond acceptors (Lipinski definition) is 4. The standard InChI is InChI=1S/C20H13F3N4OS/c21-20(22,23)18-11-16(17-4-2-10-29-17)27(26-18)15-7-5-13(6-8-15)19(28)25-14-3-1-9-24-12-14/h1-12H,(H,25,28). The quantitative estimate of drug-likeness (QED) is 0.495. The largest absolute Gasteiger partial charge is 0.435 e. The lowest BCUT2D eigenvalue weighted by Crippen LogP contribution is -2.12. The Morgan fingerprint density at radius 2 is 1.86 bits per heavy atom. The van der Waals surface area contributed by atoms with Crippen molar-refractivity contribution in [2.75, 3.05) is 5.32 Å². The molecule has 3 heterocycles. The number of anilines is 1. The van der Waals surface area contributed by atoms with Crippen molar-refractivity contribution in [2.24, 2.45) is 0 Å². The van der Waals surface area contributed by atoms with E-state index < -0.39 is 11.9 Å². The molecule has 0 aliphatic rings. The second-order valence-corrected chi connectivity index (χ2v) is 6.99. The number of nitrogens with zero attached hydrogens (tertiary/aromatic N) is 3. The van der Waals surface area contributed by atoms with Crippen LogP contribution in [0.3, 0.4) is 0 Å². The number of alkyl halides is 3. The predicted octanol–water partition coefficient (Wildman–Crippen LogP) is 5.27. The summed E-state index contributed by atoms with van der Waals surface area (Å²) >= 11 is 1.32. The van der Waals surface area contributed by atoms with E-state index in [-0.39, 0.29) is 5.91 Å². The lowest BCUT2D eigenvalue weighted by atomic mass is 10.2. The SMILES string of the molecule is O=C(Nc1cccnc1)c1ccc(-n2nc(C(F)(F)F)cc2-c2cccs2)cc1. The first-order valence-electron chi connectivity index (χ1n) is 8.45. The van der Waals surface area contributed by atoms with Gasteiger partial charge in [-0.3, -0.25) is 9.78 Å². The molecule has 4 rings (SSSR count). The van der Waals surface area contributed by atoms with Crippen molar-refractivity contribution in [3.63, 3.8) is 0 Å². The second kappa shape index (κ2) is 7.51. The Kier molecular flexibility index (Phi) is 4.89. The van der Waals surface area contributed by atoms with Gasteiger partial charge in [0.25, 0.3) is 5.91 Å². The third-order valence-corrected chi connectivity index (χ3v) is 4.96. The van der Waals surface area contributed by atoms with Gasteiger partial charge in [-0.2, -0.15) is 18.3 Å². The monoisotopic (exact) mass is 414 g/mol. The number of halogens is 3. The molecule has 0 radical (unpaired) electrons. The number of benzene rings is 1. The minimum atomic E-state index is -4.55. The number of hydrogen-bond donors (Lipinski definition) is 1. The number of nitrogens with one attached hydrogen (secondary N) is 1. The number of rotatable bonds is 4. The van der Waals surface area contributed by atoms with Gasteiger partial charge in [0.15, 0.2) is 5.69 Å². The summed E-state index contributed by atoms with van der Waals surface area (Å²) in [4.78, 5) is 16.9. The third kappa shape index (κ3) is 4.04. The van der Waals surface area contributed by atoms with Crippen LogP contribution in [-0.2, 0) is 6.18 Å². The molecule has 29 heavy (non-hydrogen) atoms. The lowest BCUT2D eigenvalue weighted by molar-refractivity contribution is -0.141. The Labute approximate surface area is 167 Å². The minimum Gasteiger partial charge on any atom is -0.321 e. The van der Waals surface area contributed by atoms with Gasteiger partial charge in [-0.15, -0.1) is 11.3 Å². The van der Waals surface area contributed by atoms with Crippen LogP contribution in [0, 0.1) is 0 Å². The Hall–Kier alpha value is -3.46. The Balaban J connectivity index is 1.65. The Bertz CT molecular complexity index is 1120. The summed E-state index contributed by atoms with van der Waals surface area (Å²) in [5.74, 6) is -0.348. The van der Waals surface area contributed by atoms with Gasteiger partial charge in [0, 0.05) is 11.8 Å². The molecule has 0 bridgehead atoms. The fourth-order valence-corrected chi connectivity index (χ4v) is 3.44. The molecule has 0 fully saturated rings. The van der Waals surface area contributed by atoms with Gasteiger partial charge in [0.2, 0.25) is 0 Å². The lowest BCUT2D eigenvalue weighted by Gasteiger charge is -2.08. The maximum absolute atomic E-state index is 13.2. The van der Waals surface area contributed by atoms with Crippen LogP contribution in [0.25, 0.3) is 16.3 Å². The average Bonchev–Trinajstić information content (AvgIpc) is 3.38. The Morgan fingerprint density at radius 3 is 2.48 bits per heavy atom. The number of carbonyl (C=O) groups excluding carboxylic acids is 1. The van der Waals surface area contributed by atoms with Crippen molar-refractivity contribution >= 4 is 22.9 Å². The second-order valence-electron chi connectivity index (χ2n) is 6.04. The van der Waals surface area contributed by atoms with Crippen LogP contribution in [0.4, 0.5) is 18.9 Å². The minimum absolute atomic E-state index is 0.333. The van der Waals surface area contributed by atoms with Crippen molar-refractivity contribution < 1.29 is 18.0 Å². The fraction of sp³-hybridized carbons (Fsp3) is 0.0500. The molecule has 5 nitrogen and oxygen atoms in total. The van der Waals surface area contributed by atoms with Gasteiger partial charge in [0.1, 0.15) is 0 Å². The van der Waals surface area contributed by atoms with Crippen molar-refractivity contribution in [1.29, 1.82) is 0 Å². The van der Waals surface area contributed by atoms with Crippen LogP contribution in [0.1, 0.15) is 16.1 Å². The van der Waals surface area contributed by atoms with E-state index in [9.17, 15) is 18.0 Å². The smallest absolute Gasteiger partial charge is 0.321 e. The molecule has 1 amide bonds. The average molecular weight is 414 g/mol. The summed E-state index contributed by atoms with van der Waals surface area (Å²) in [7, 11) is 0. The van der Waals surface area contributed by atoms with Gasteiger partial charge in [-0.25, -0.2) is 4.68 Å². The molecule has 0 saturated heterocycles. The maximum atomic E-state index is 13.2. The normalized spacial score (nSPS) is 11.4. The Morgan fingerprint density at radius 1 is 1.07 bits per heavy atom. The molecule has 9 heteroatoms. The molecule has 4 aromatic rings. The summed E-state index contributed by atoms with van der Waals surface area (Å²) < 4.78 is 40.8. The summed E-state index contributed by atoms with van der Waals surface area (Å²) in [6.07, 6.45) is -1.45. The topological polar surface area (TPSA) is 59.8 Å². The molecule has 0 spiro atoms. The molecule has 0 unspecified atom stereocenters. The number of amides is 1. The highest BCUT2D eigenvalue weighted by Gasteiger charge is 2.35. The summed E-state index contributed by atoms with van der Waals surface area (Å²) in [6.45, 7) is 0. The zero-order valence-electron chi connectivity index (χ0n) is 14.7. The van der Waals surface area contributed by atoms with Crippen LogP contribution < -0.4 is 5.32 Å². The van der Waals surface area contributed by atoms with E-state index >= 15 is 0 Å². The molecule has 3 aromatic heterocycles. The van der Waals surface area contributed by atoms with E-state index in [2.05, 4.69) is 15.4 Å². The van der Waals surface area contributed by atoms with Crippen LogP contribution in [0.2, 0.25) is 0 Å². The molecule has 0 aliphatic heterocycles. The first kappa shape index (κ1) is 18.9. The van der Waals surface area contributed by atoms with Gasteiger partial charge < -0.3 is 5.32 Å². The highest BCUT2D eigenvalue weighted by Crippen LogP contribution is 2.34. The first-order chi connectivity index (χ1) is 13.9. The van der Waals surface area contributed by atoms with Crippen molar-refractivity contribution in [1.82, 2.24) is 14.8 Å². The zero-order valence-corrected chi connectivity index (χ0v) is 15.5. The number of pyridine rings is 1.